The van der Waals surface area contributed by atoms with Gasteiger partial charge in [-0.3, -0.25) is 0 Å². The van der Waals surface area contributed by atoms with Crippen LogP contribution < -0.4 is 0 Å². The number of hydrogen-bond donors (Lipinski definition) is 0. The lowest BCUT2D eigenvalue weighted by Crippen LogP contribution is -2.21. The number of nitrogens with zero attached hydrogens (tertiary/aromatic N) is 4. The summed E-state index contributed by atoms with van der Waals surface area (Å²) in [4.78, 5) is 13.9. The minimum absolute atomic E-state index is 0.203. The van der Waals surface area contributed by atoms with Gasteiger partial charge in [0.25, 0.3) is 0 Å². The molecule has 0 N–H and O–H groups in total. The van der Waals surface area contributed by atoms with Gasteiger partial charge in [-0.05, 0) is 78.1 Å². The molecule has 2 atom stereocenters. The molecule has 0 saturated carbocycles. The van der Waals surface area contributed by atoms with Crippen molar-refractivity contribution in [3.8, 4) is 0 Å². The van der Waals surface area contributed by atoms with Crippen LogP contribution in [0.15, 0.2) is 70.6 Å². The van der Waals surface area contributed by atoms with Crippen LogP contribution in [-0.4, -0.2) is 69.2 Å². The Bertz CT molecular complexity index is 672. The van der Waals surface area contributed by atoms with E-state index in [9.17, 15) is 0 Å². The van der Waals surface area contributed by atoms with Gasteiger partial charge >= 0.3 is 0 Å². The number of hydrogen-bond acceptors (Lipinski definition) is 4. The van der Waals surface area contributed by atoms with Crippen molar-refractivity contribution in [1.29, 1.82) is 0 Å². The van der Waals surface area contributed by atoms with E-state index in [0.717, 1.165) is 38.8 Å². The molecular weight excluding hydrogens is 356 g/mol. The maximum atomic E-state index is 4.74. The Kier molecular flexibility index (Phi) is 10.4. The second-order valence-electron chi connectivity index (χ2n) is 8.23. The van der Waals surface area contributed by atoms with Gasteiger partial charge in [0.05, 0.1) is 18.1 Å². The molecule has 0 bridgehead atoms. The van der Waals surface area contributed by atoms with E-state index < -0.39 is 0 Å². The summed E-state index contributed by atoms with van der Waals surface area (Å²) in [7, 11) is 8.42. The fourth-order valence-electron chi connectivity index (χ4n) is 3.21. The van der Waals surface area contributed by atoms with Gasteiger partial charge in [-0.2, -0.15) is 0 Å². The third-order valence-electron chi connectivity index (χ3n) is 4.93. The van der Waals surface area contributed by atoms with Gasteiger partial charge in [0.1, 0.15) is 0 Å². The van der Waals surface area contributed by atoms with Crippen molar-refractivity contribution in [2.75, 3.05) is 41.3 Å². The van der Waals surface area contributed by atoms with E-state index in [1.54, 1.807) is 0 Å². The highest BCUT2D eigenvalue weighted by Crippen LogP contribution is 2.11. The van der Waals surface area contributed by atoms with Crippen LogP contribution in [0.25, 0.3) is 0 Å². The zero-order valence-corrected chi connectivity index (χ0v) is 18.5. The zero-order valence-electron chi connectivity index (χ0n) is 18.5. The van der Waals surface area contributed by atoms with Crippen molar-refractivity contribution >= 4 is 6.01 Å². The first-order valence-electron chi connectivity index (χ1n) is 10.5. The Morgan fingerprint density at radius 1 is 0.655 bits per heavy atom. The van der Waals surface area contributed by atoms with Gasteiger partial charge in [-0.15, -0.1) is 0 Å². The van der Waals surface area contributed by atoms with Gasteiger partial charge < -0.3 is 9.80 Å². The van der Waals surface area contributed by atoms with E-state index in [-0.39, 0.29) is 12.1 Å². The minimum Gasteiger partial charge on any atom is -0.309 e. The van der Waals surface area contributed by atoms with Crippen LogP contribution in [0.3, 0.4) is 0 Å². The normalized spacial score (nSPS) is 13.2. The van der Waals surface area contributed by atoms with Crippen LogP contribution in [-0.2, 0) is 12.8 Å². The SMILES string of the molecule is CN(C)CCC(Cc1ccccc1)N=C=NC(CCN(C)C)Cc1ccccc1. The number of aliphatic imine (C=N–C) groups is 2. The Hall–Kier alpha value is -2.26. The average molecular weight is 393 g/mol. The molecule has 2 unspecified atom stereocenters. The highest BCUT2D eigenvalue weighted by Gasteiger charge is 2.10. The van der Waals surface area contributed by atoms with Crippen LogP contribution in [0.5, 0.6) is 0 Å². The molecule has 156 valence electrons. The molecule has 0 amide bonds. The fraction of sp³-hybridized carbons (Fsp3) is 0.480. The lowest BCUT2D eigenvalue weighted by molar-refractivity contribution is 0.378. The van der Waals surface area contributed by atoms with Gasteiger partial charge in [0.2, 0.25) is 0 Å². The molecule has 2 aromatic rings. The van der Waals surface area contributed by atoms with E-state index in [1.807, 2.05) is 0 Å². The predicted molar refractivity (Wildman–Crippen MR) is 124 cm³/mol. The molecule has 2 aromatic carbocycles. The van der Waals surface area contributed by atoms with Gasteiger partial charge in [-0.1, -0.05) is 60.7 Å². The average Bonchev–Trinajstić information content (AvgIpc) is 2.71. The first-order valence-corrected chi connectivity index (χ1v) is 10.5. The fourth-order valence-corrected chi connectivity index (χ4v) is 3.21. The van der Waals surface area contributed by atoms with Crippen LogP contribution in [0.2, 0.25) is 0 Å². The van der Waals surface area contributed by atoms with E-state index >= 15 is 0 Å². The van der Waals surface area contributed by atoms with E-state index in [4.69, 9.17) is 9.98 Å². The molecule has 0 aromatic heterocycles. The molecule has 0 aliphatic carbocycles. The highest BCUT2D eigenvalue weighted by atomic mass is 15.1. The third kappa shape index (κ3) is 10.2. The molecule has 2 rings (SSSR count). The molecule has 0 aliphatic rings. The lowest BCUT2D eigenvalue weighted by atomic mass is 10.0. The number of benzene rings is 2. The summed E-state index contributed by atoms with van der Waals surface area (Å²) < 4.78 is 0. The Morgan fingerprint density at radius 2 is 1.03 bits per heavy atom. The summed E-state index contributed by atoms with van der Waals surface area (Å²) in [6.07, 6.45) is 3.87. The van der Waals surface area contributed by atoms with Crippen LogP contribution >= 0.6 is 0 Å². The monoisotopic (exact) mass is 392 g/mol. The minimum atomic E-state index is 0.203. The van der Waals surface area contributed by atoms with Crippen molar-refractivity contribution in [2.24, 2.45) is 9.98 Å². The maximum absolute atomic E-state index is 4.74. The smallest absolute Gasteiger partial charge is 0.0898 e. The van der Waals surface area contributed by atoms with Crippen molar-refractivity contribution in [3.63, 3.8) is 0 Å². The van der Waals surface area contributed by atoms with Crippen molar-refractivity contribution in [2.45, 2.75) is 37.8 Å². The third-order valence-corrected chi connectivity index (χ3v) is 4.93. The summed E-state index contributed by atoms with van der Waals surface area (Å²) in [6, 6.07) is 24.7. The standard InChI is InChI=1S/C25H36N4/c1-28(2)17-15-24(19-22-11-7-5-8-12-22)26-21-27-25(16-18-29(3)4)20-23-13-9-6-10-14-23/h5-14,24-25H,15-20H2,1-4H3. The van der Waals surface area contributed by atoms with Crippen LogP contribution in [0.4, 0.5) is 0 Å². The molecule has 4 nitrogen and oxygen atoms in total. The van der Waals surface area contributed by atoms with Gasteiger partial charge in [0, 0.05) is 0 Å². The van der Waals surface area contributed by atoms with Crippen LogP contribution in [0.1, 0.15) is 24.0 Å². The van der Waals surface area contributed by atoms with Crippen molar-refractivity contribution < 1.29 is 0 Å². The Balaban J connectivity index is 2.08. The molecule has 29 heavy (non-hydrogen) atoms. The molecule has 4 heteroatoms. The lowest BCUT2D eigenvalue weighted by Gasteiger charge is -2.16. The molecule has 0 spiro atoms. The largest absolute Gasteiger partial charge is 0.309 e. The summed E-state index contributed by atoms with van der Waals surface area (Å²) in [6.45, 7) is 2.02. The number of rotatable bonds is 12. The summed E-state index contributed by atoms with van der Waals surface area (Å²) in [5.41, 5.74) is 2.63. The second-order valence-corrected chi connectivity index (χ2v) is 8.23. The first kappa shape index (κ1) is 23.0. The van der Waals surface area contributed by atoms with E-state index in [0.29, 0.717) is 0 Å². The summed E-state index contributed by atoms with van der Waals surface area (Å²) in [5, 5.41) is 0. The molecule has 0 fully saturated rings. The van der Waals surface area contributed by atoms with E-state index in [2.05, 4.69) is 105 Å². The van der Waals surface area contributed by atoms with Crippen molar-refractivity contribution in [3.05, 3.63) is 71.8 Å². The second kappa shape index (κ2) is 13.1. The highest BCUT2D eigenvalue weighted by molar-refractivity contribution is 5.42. The molecular formula is C25H36N4. The summed E-state index contributed by atoms with van der Waals surface area (Å²) >= 11 is 0. The Morgan fingerprint density at radius 3 is 1.38 bits per heavy atom. The predicted octanol–water partition coefficient (Wildman–Crippen LogP) is 4.29. The molecule has 0 aliphatic heterocycles. The quantitative estimate of drug-likeness (QED) is 0.505. The molecule has 0 saturated heterocycles. The summed E-state index contributed by atoms with van der Waals surface area (Å²) in [5.74, 6) is 0. The van der Waals surface area contributed by atoms with Crippen molar-refractivity contribution in [1.82, 2.24) is 9.80 Å². The molecule has 0 radical (unpaired) electrons. The van der Waals surface area contributed by atoms with Gasteiger partial charge in [0.15, 0.2) is 0 Å². The van der Waals surface area contributed by atoms with Crippen LogP contribution in [0, 0.1) is 0 Å². The maximum Gasteiger partial charge on any atom is 0.0898 e. The molecule has 0 heterocycles. The van der Waals surface area contributed by atoms with Gasteiger partial charge in [-0.25, -0.2) is 9.98 Å². The zero-order chi connectivity index (χ0) is 20.9. The van der Waals surface area contributed by atoms with E-state index in [1.165, 1.54) is 11.1 Å². The topological polar surface area (TPSA) is 31.2 Å². The first-order chi connectivity index (χ1) is 14.0. The Labute approximate surface area is 177 Å².